The van der Waals surface area contributed by atoms with E-state index in [4.69, 9.17) is 9.72 Å². The van der Waals surface area contributed by atoms with E-state index in [1.807, 2.05) is 45.0 Å². The molecule has 1 aromatic heterocycles. The lowest BCUT2D eigenvalue weighted by molar-refractivity contribution is 0.0930. The number of amides is 1. The van der Waals surface area contributed by atoms with E-state index in [2.05, 4.69) is 42.9 Å². The van der Waals surface area contributed by atoms with Crippen molar-refractivity contribution in [3.05, 3.63) is 71.2 Å². The molecule has 1 heterocycles. The van der Waals surface area contributed by atoms with Gasteiger partial charge in [0.1, 0.15) is 17.6 Å². The Bertz CT molecular complexity index is 1230. The molecule has 2 aromatic carbocycles. The summed E-state index contributed by atoms with van der Waals surface area (Å²) in [6, 6.07) is 14.8. The minimum Gasteiger partial charge on any atom is -0.490 e. The van der Waals surface area contributed by atoms with Crippen molar-refractivity contribution >= 4 is 5.91 Å². The normalized spacial score (nSPS) is 12.3. The fraction of sp³-hybridized carbons (Fsp3) is 0.414. The summed E-state index contributed by atoms with van der Waals surface area (Å²) in [6.45, 7) is 12.2. The van der Waals surface area contributed by atoms with Crippen molar-refractivity contribution in [2.75, 3.05) is 6.61 Å². The van der Waals surface area contributed by atoms with Crippen molar-refractivity contribution in [1.29, 1.82) is 5.26 Å². The highest BCUT2D eigenvalue weighted by molar-refractivity contribution is 5.95. The first-order chi connectivity index (χ1) is 17.0. The number of ether oxygens (including phenoxy) is 1. The molecule has 1 atom stereocenters. The van der Waals surface area contributed by atoms with Crippen LogP contribution in [0.25, 0.3) is 11.3 Å². The molecule has 7 nitrogen and oxygen atoms in total. The molecule has 0 aliphatic heterocycles. The lowest BCUT2D eigenvalue weighted by Crippen LogP contribution is -2.37. The molecule has 0 aliphatic rings. The number of aryl methyl sites for hydroxylation is 1. The molecule has 0 spiro atoms. The second kappa shape index (κ2) is 11.4. The lowest BCUT2D eigenvalue weighted by Gasteiger charge is -2.22. The first kappa shape index (κ1) is 27.0. The maximum absolute atomic E-state index is 12.9. The second-order valence-corrected chi connectivity index (χ2v) is 10.3. The molecule has 1 amide bonds. The van der Waals surface area contributed by atoms with E-state index >= 15 is 0 Å². The number of nitriles is 1. The SMILES string of the molecule is Cc1nc(-c2ccc(CC(CCO)NC(=O)c3ccc(OC(C)C)c(C#N)c3)cc2)cn1C(C)(C)C. The summed E-state index contributed by atoms with van der Waals surface area (Å²) in [6.07, 6.45) is 2.99. The third-order valence-corrected chi connectivity index (χ3v) is 5.87. The molecule has 0 saturated heterocycles. The molecule has 0 saturated carbocycles. The van der Waals surface area contributed by atoms with E-state index in [1.165, 1.54) is 6.07 Å². The molecule has 7 heteroatoms. The fourth-order valence-corrected chi connectivity index (χ4v) is 4.15. The number of rotatable bonds is 9. The van der Waals surface area contributed by atoms with Crippen LogP contribution in [0.1, 0.15) is 68.3 Å². The monoisotopic (exact) mass is 488 g/mol. The number of aromatic nitrogens is 2. The van der Waals surface area contributed by atoms with Crippen LogP contribution in [0, 0.1) is 18.3 Å². The maximum Gasteiger partial charge on any atom is 0.251 e. The third-order valence-electron chi connectivity index (χ3n) is 5.87. The molecular weight excluding hydrogens is 452 g/mol. The topological polar surface area (TPSA) is 100 Å². The summed E-state index contributed by atoms with van der Waals surface area (Å²) in [5.74, 6) is 1.13. The number of nitrogens with zero attached hydrogens (tertiary/aromatic N) is 3. The Hall–Kier alpha value is -3.63. The number of aliphatic hydroxyl groups excluding tert-OH is 1. The Morgan fingerprint density at radius 2 is 1.89 bits per heavy atom. The van der Waals surface area contributed by atoms with Gasteiger partial charge in [0.15, 0.2) is 0 Å². The number of carbonyl (C=O) groups is 1. The van der Waals surface area contributed by atoms with Crippen molar-refractivity contribution in [3.63, 3.8) is 0 Å². The Morgan fingerprint density at radius 3 is 2.44 bits per heavy atom. The van der Waals surface area contributed by atoms with Gasteiger partial charge in [-0.1, -0.05) is 24.3 Å². The molecule has 1 unspecified atom stereocenters. The van der Waals surface area contributed by atoms with Gasteiger partial charge in [-0.25, -0.2) is 4.98 Å². The minimum atomic E-state index is -0.291. The molecule has 2 N–H and O–H groups in total. The highest BCUT2D eigenvalue weighted by atomic mass is 16.5. The van der Waals surface area contributed by atoms with Crippen molar-refractivity contribution in [3.8, 4) is 23.1 Å². The van der Waals surface area contributed by atoms with Gasteiger partial charge < -0.3 is 19.7 Å². The molecule has 0 bridgehead atoms. The van der Waals surface area contributed by atoms with Crippen LogP contribution in [0.5, 0.6) is 5.75 Å². The smallest absolute Gasteiger partial charge is 0.251 e. The van der Waals surface area contributed by atoms with Crippen LogP contribution in [0.2, 0.25) is 0 Å². The fourth-order valence-electron chi connectivity index (χ4n) is 4.15. The zero-order chi connectivity index (χ0) is 26.5. The number of aliphatic hydroxyl groups is 1. The molecule has 36 heavy (non-hydrogen) atoms. The zero-order valence-corrected chi connectivity index (χ0v) is 22.0. The van der Waals surface area contributed by atoms with E-state index in [1.54, 1.807) is 12.1 Å². The molecular formula is C29H36N4O3. The van der Waals surface area contributed by atoms with E-state index in [-0.39, 0.29) is 30.2 Å². The van der Waals surface area contributed by atoms with Crippen LogP contribution in [0.3, 0.4) is 0 Å². The Kier molecular flexibility index (Phi) is 8.54. The predicted octanol–water partition coefficient (Wildman–Crippen LogP) is 5.00. The molecule has 3 aromatic rings. The number of carbonyl (C=O) groups excluding carboxylic acids is 1. The first-order valence-electron chi connectivity index (χ1n) is 12.3. The van der Waals surface area contributed by atoms with Gasteiger partial charge in [0.25, 0.3) is 5.91 Å². The van der Waals surface area contributed by atoms with Crippen LogP contribution in [0.4, 0.5) is 0 Å². The van der Waals surface area contributed by atoms with Gasteiger partial charge in [-0.05, 0) is 78.1 Å². The number of nitrogens with one attached hydrogen (secondary N) is 1. The van der Waals surface area contributed by atoms with Crippen molar-refractivity contribution < 1.29 is 14.6 Å². The quantitative estimate of drug-likeness (QED) is 0.442. The zero-order valence-electron chi connectivity index (χ0n) is 22.0. The lowest BCUT2D eigenvalue weighted by atomic mass is 10.0. The number of hydrogen-bond donors (Lipinski definition) is 2. The summed E-state index contributed by atoms with van der Waals surface area (Å²) in [5, 5.41) is 22.0. The Balaban J connectivity index is 1.72. The average Bonchev–Trinajstić information content (AvgIpc) is 3.21. The van der Waals surface area contributed by atoms with E-state index in [0.717, 1.165) is 22.6 Å². The van der Waals surface area contributed by atoms with Gasteiger partial charge in [-0.3, -0.25) is 4.79 Å². The number of benzene rings is 2. The van der Waals surface area contributed by atoms with Gasteiger partial charge in [0, 0.05) is 35.5 Å². The standard InChI is InChI=1S/C29H36N4O3/c1-19(2)36-27-12-11-23(16-24(27)17-30)28(35)32-25(13-14-34)15-21-7-9-22(10-8-21)26-18-33(20(3)31-26)29(4,5)6/h7-12,16,18-19,25,34H,13-15H2,1-6H3,(H,32,35). The van der Waals surface area contributed by atoms with Crippen LogP contribution in [0.15, 0.2) is 48.7 Å². The molecule has 0 fully saturated rings. The second-order valence-electron chi connectivity index (χ2n) is 10.3. The Morgan fingerprint density at radius 1 is 1.19 bits per heavy atom. The molecule has 190 valence electrons. The van der Waals surface area contributed by atoms with Crippen molar-refractivity contribution in [1.82, 2.24) is 14.9 Å². The number of imidazole rings is 1. The summed E-state index contributed by atoms with van der Waals surface area (Å²) in [4.78, 5) is 17.6. The van der Waals surface area contributed by atoms with Gasteiger partial charge in [-0.15, -0.1) is 0 Å². The first-order valence-corrected chi connectivity index (χ1v) is 12.3. The highest BCUT2D eigenvalue weighted by Crippen LogP contribution is 2.25. The van der Waals surface area contributed by atoms with E-state index in [0.29, 0.717) is 29.7 Å². The van der Waals surface area contributed by atoms with Gasteiger partial charge in [0.05, 0.1) is 17.4 Å². The average molecular weight is 489 g/mol. The van der Waals surface area contributed by atoms with E-state index in [9.17, 15) is 15.2 Å². The summed E-state index contributed by atoms with van der Waals surface area (Å²) >= 11 is 0. The van der Waals surface area contributed by atoms with Crippen LogP contribution in [-0.4, -0.2) is 39.3 Å². The summed E-state index contributed by atoms with van der Waals surface area (Å²) in [5.41, 5.74) is 3.65. The Labute approximate surface area is 213 Å². The molecule has 0 aliphatic carbocycles. The molecule has 0 radical (unpaired) electrons. The summed E-state index contributed by atoms with van der Waals surface area (Å²) in [7, 11) is 0. The molecule has 3 rings (SSSR count). The highest BCUT2D eigenvalue weighted by Gasteiger charge is 2.19. The van der Waals surface area contributed by atoms with Crippen LogP contribution < -0.4 is 10.1 Å². The van der Waals surface area contributed by atoms with Gasteiger partial charge >= 0.3 is 0 Å². The van der Waals surface area contributed by atoms with Gasteiger partial charge in [-0.2, -0.15) is 5.26 Å². The van der Waals surface area contributed by atoms with Gasteiger partial charge in [0.2, 0.25) is 0 Å². The van der Waals surface area contributed by atoms with Crippen molar-refractivity contribution in [2.45, 2.75) is 72.1 Å². The van der Waals surface area contributed by atoms with Crippen molar-refractivity contribution in [2.24, 2.45) is 0 Å². The summed E-state index contributed by atoms with van der Waals surface area (Å²) < 4.78 is 7.81. The maximum atomic E-state index is 12.9. The van der Waals surface area contributed by atoms with Crippen LogP contribution >= 0.6 is 0 Å². The predicted molar refractivity (Wildman–Crippen MR) is 141 cm³/mol. The van der Waals surface area contributed by atoms with Crippen LogP contribution in [-0.2, 0) is 12.0 Å². The van der Waals surface area contributed by atoms with E-state index < -0.39 is 0 Å². The largest absolute Gasteiger partial charge is 0.490 e. The minimum absolute atomic E-state index is 0.0409. The third kappa shape index (κ3) is 6.73. The number of hydrogen-bond acceptors (Lipinski definition) is 5.